The molecule has 4 unspecified atom stereocenters. The average molecular weight is 529 g/mol. The molecule has 0 aromatic heterocycles. The van der Waals surface area contributed by atoms with E-state index in [-0.39, 0.29) is 13.2 Å². The zero-order valence-electron chi connectivity index (χ0n) is 26.9. The summed E-state index contributed by atoms with van der Waals surface area (Å²) in [7, 11) is 0. The van der Waals surface area contributed by atoms with E-state index in [1.807, 2.05) is 13.8 Å². The van der Waals surface area contributed by atoms with Crippen LogP contribution in [0.15, 0.2) is 25.3 Å². The Morgan fingerprint density at radius 3 is 1.08 bits per heavy atom. The van der Waals surface area contributed by atoms with Crippen LogP contribution in [0.2, 0.25) is 0 Å². The van der Waals surface area contributed by atoms with Crippen molar-refractivity contribution in [3.05, 3.63) is 25.3 Å². The highest BCUT2D eigenvalue weighted by atomic mass is 16.5. The van der Waals surface area contributed by atoms with Crippen molar-refractivity contribution in [3.8, 4) is 0 Å². The molecule has 0 saturated carbocycles. The molecule has 0 radical (unpaired) electrons. The first-order valence-electron chi connectivity index (χ1n) is 15.9. The number of aliphatic hydroxyl groups excluding tert-OH is 2. The minimum atomic E-state index is -0.125. The Balaban J connectivity index is -0.000000463. The fourth-order valence-corrected chi connectivity index (χ4v) is 4.88. The molecular weight excluding hydrogens is 456 g/mol. The molecule has 0 heterocycles. The van der Waals surface area contributed by atoms with E-state index in [1.54, 1.807) is 12.2 Å². The van der Waals surface area contributed by atoms with Crippen LogP contribution in [0.3, 0.4) is 0 Å². The van der Waals surface area contributed by atoms with E-state index in [4.69, 9.17) is 14.9 Å². The fourth-order valence-electron chi connectivity index (χ4n) is 4.88. The predicted octanol–water partition coefficient (Wildman–Crippen LogP) is 10.4. The predicted molar refractivity (Wildman–Crippen MR) is 169 cm³/mol. The summed E-state index contributed by atoms with van der Waals surface area (Å²) in [5.41, 5.74) is 0. The molecule has 0 fully saturated rings. The Morgan fingerprint density at radius 2 is 0.865 bits per heavy atom. The summed E-state index contributed by atoms with van der Waals surface area (Å²) in [6.07, 6.45) is 22.5. The summed E-state index contributed by atoms with van der Waals surface area (Å²) in [5, 5.41) is 15.2. The van der Waals surface area contributed by atoms with E-state index in [1.165, 1.54) is 89.9 Å². The summed E-state index contributed by atoms with van der Waals surface area (Å²) < 4.78 is 6.44. The third kappa shape index (κ3) is 33.3. The topological polar surface area (TPSA) is 49.7 Å². The monoisotopic (exact) mass is 529 g/mol. The Kier molecular flexibility index (Phi) is 46.8. The molecule has 2 N–H and O–H groups in total. The van der Waals surface area contributed by atoms with Gasteiger partial charge in [-0.25, -0.2) is 0 Å². The summed E-state index contributed by atoms with van der Waals surface area (Å²) in [6.45, 7) is 26.3. The van der Waals surface area contributed by atoms with E-state index >= 15 is 0 Å². The van der Waals surface area contributed by atoms with Gasteiger partial charge in [0.05, 0.1) is 13.2 Å². The number of aliphatic hydroxyl groups is 2. The highest BCUT2D eigenvalue weighted by molar-refractivity contribution is 4.72. The fraction of sp³-hybridized carbons (Fsp3) is 0.882. The van der Waals surface area contributed by atoms with Crippen LogP contribution < -0.4 is 0 Å². The number of rotatable bonds is 21. The summed E-state index contributed by atoms with van der Waals surface area (Å²) in [6, 6.07) is 0. The van der Waals surface area contributed by atoms with Crippen LogP contribution in [-0.2, 0) is 4.74 Å². The lowest BCUT2D eigenvalue weighted by Gasteiger charge is -2.29. The van der Waals surface area contributed by atoms with Crippen LogP contribution in [-0.4, -0.2) is 36.6 Å². The van der Waals surface area contributed by atoms with Gasteiger partial charge in [-0.2, -0.15) is 0 Å². The van der Waals surface area contributed by atoms with Crippen molar-refractivity contribution in [2.75, 3.05) is 26.4 Å². The van der Waals surface area contributed by atoms with Gasteiger partial charge < -0.3 is 14.9 Å². The molecule has 0 saturated heterocycles. The molecular formula is C34H72O3. The minimum absolute atomic E-state index is 0.125. The van der Waals surface area contributed by atoms with Crippen LogP contribution in [0, 0.1) is 23.7 Å². The maximum atomic E-state index is 7.62. The second-order valence-corrected chi connectivity index (χ2v) is 10.2. The molecule has 0 aliphatic rings. The molecule has 0 amide bonds. The van der Waals surface area contributed by atoms with Gasteiger partial charge in [-0.1, -0.05) is 131 Å². The second-order valence-electron chi connectivity index (χ2n) is 10.2. The minimum Gasteiger partial charge on any atom is -0.394 e. The zero-order chi connectivity index (χ0) is 29.2. The Labute approximate surface area is 235 Å². The van der Waals surface area contributed by atoms with Crippen molar-refractivity contribution in [2.24, 2.45) is 23.7 Å². The molecule has 0 spiro atoms. The van der Waals surface area contributed by atoms with Gasteiger partial charge in [0.15, 0.2) is 0 Å². The molecule has 0 aliphatic carbocycles. The average Bonchev–Trinajstić information content (AvgIpc) is 2.89. The Bertz CT molecular complexity index is 361. The SMILES string of the molecule is C=CC.C=CC.CCCCCC(CC)C(CCC)COCC(CCC)C(CC)CCCCC.OCCO. The van der Waals surface area contributed by atoms with Gasteiger partial charge in [0.1, 0.15) is 0 Å². The van der Waals surface area contributed by atoms with Crippen LogP contribution >= 0.6 is 0 Å². The Hall–Kier alpha value is -0.640. The molecule has 0 aliphatic heterocycles. The lowest BCUT2D eigenvalue weighted by Crippen LogP contribution is -2.25. The Morgan fingerprint density at radius 1 is 0.541 bits per heavy atom. The van der Waals surface area contributed by atoms with Crippen molar-refractivity contribution in [1.82, 2.24) is 0 Å². The van der Waals surface area contributed by atoms with Gasteiger partial charge in [-0.05, 0) is 50.4 Å². The third-order valence-electron chi connectivity index (χ3n) is 6.82. The second kappa shape index (κ2) is 39.9. The van der Waals surface area contributed by atoms with Gasteiger partial charge in [0.25, 0.3) is 0 Å². The summed E-state index contributed by atoms with van der Waals surface area (Å²) in [5.74, 6) is 3.29. The van der Waals surface area contributed by atoms with Gasteiger partial charge in [0.2, 0.25) is 0 Å². The molecule has 3 nitrogen and oxygen atoms in total. The molecule has 0 bridgehead atoms. The number of hydrogen-bond acceptors (Lipinski definition) is 3. The van der Waals surface area contributed by atoms with Crippen LogP contribution in [0.1, 0.15) is 145 Å². The number of ether oxygens (including phenoxy) is 1. The molecule has 0 aromatic rings. The van der Waals surface area contributed by atoms with Crippen molar-refractivity contribution >= 4 is 0 Å². The third-order valence-corrected chi connectivity index (χ3v) is 6.82. The standard InChI is InChI=1S/C26H54O.2C3H6.C2H6O2/c1-7-13-15-19-23(11-5)25(17-9-3)21-27-22-26(18-10-4)24(12-6)20-16-14-8-2;2*1-3-2;3-1-2-4/h23-26H,7-22H2,1-6H3;2*3H,1H2,2H3;3-4H,1-2H2. The van der Waals surface area contributed by atoms with Crippen molar-refractivity contribution in [2.45, 2.75) is 145 Å². The first-order valence-corrected chi connectivity index (χ1v) is 15.9. The quantitative estimate of drug-likeness (QED) is 0.115. The normalized spacial score (nSPS) is 13.4. The maximum absolute atomic E-state index is 7.62. The van der Waals surface area contributed by atoms with Crippen molar-refractivity contribution < 1.29 is 14.9 Å². The largest absolute Gasteiger partial charge is 0.394 e. The van der Waals surface area contributed by atoms with E-state index < -0.39 is 0 Å². The first-order chi connectivity index (χ1) is 17.9. The zero-order valence-corrected chi connectivity index (χ0v) is 26.9. The van der Waals surface area contributed by atoms with Gasteiger partial charge >= 0.3 is 0 Å². The number of allylic oxidation sites excluding steroid dienone is 2. The van der Waals surface area contributed by atoms with Crippen molar-refractivity contribution in [3.63, 3.8) is 0 Å². The highest BCUT2D eigenvalue weighted by Crippen LogP contribution is 2.29. The van der Waals surface area contributed by atoms with Gasteiger partial charge in [-0.15, -0.1) is 13.2 Å². The van der Waals surface area contributed by atoms with E-state index in [2.05, 4.69) is 54.7 Å². The van der Waals surface area contributed by atoms with E-state index in [9.17, 15) is 0 Å². The summed E-state index contributed by atoms with van der Waals surface area (Å²) >= 11 is 0. The van der Waals surface area contributed by atoms with Crippen molar-refractivity contribution in [1.29, 1.82) is 0 Å². The maximum Gasteiger partial charge on any atom is 0.0662 e. The molecule has 226 valence electrons. The van der Waals surface area contributed by atoms with Crippen LogP contribution in [0.25, 0.3) is 0 Å². The summed E-state index contributed by atoms with van der Waals surface area (Å²) in [4.78, 5) is 0. The van der Waals surface area contributed by atoms with E-state index in [0.29, 0.717) is 0 Å². The lowest BCUT2D eigenvalue weighted by molar-refractivity contribution is 0.0282. The number of unbranched alkanes of at least 4 members (excludes halogenated alkanes) is 4. The smallest absolute Gasteiger partial charge is 0.0662 e. The molecule has 3 heteroatoms. The number of hydrogen-bond donors (Lipinski definition) is 2. The highest BCUT2D eigenvalue weighted by Gasteiger charge is 2.22. The molecule has 0 rings (SSSR count). The lowest BCUT2D eigenvalue weighted by atomic mass is 9.82. The molecule has 0 aromatic carbocycles. The molecule has 37 heavy (non-hydrogen) atoms. The van der Waals surface area contributed by atoms with Gasteiger partial charge in [-0.3, -0.25) is 0 Å². The van der Waals surface area contributed by atoms with Crippen LogP contribution in [0.4, 0.5) is 0 Å². The van der Waals surface area contributed by atoms with Gasteiger partial charge in [0, 0.05) is 13.2 Å². The van der Waals surface area contributed by atoms with E-state index in [0.717, 1.165) is 36.9 Å². The first kappa shape index (κ1) is 43.4. The molecule has 4 atom stereocenters. The van der Waals surface area contributed by atoms with Crippen LogP contribution in [0.5, 0.6) is 0 Å².